The molecule has 0 unspecified atom stereocenters. The van der Waals surface area contributed by atoms with Gasteiger partial charge in [-0.1, -0.05) is 0 Å². The van der Waals surface area contributed by atoms with Gasteiger partial charge >= 0.3 is 0 Å². The number of amidine groups is 1. The van der Waals surface area contributed by atoms with Crippen molar-refractivity contribution in [3.63, 3.8) is 0 Å². The van der Waals surface area contributed by atoms with Gasteiger partial charge in [-0.3, -0.25) is 14.9 Å². The summed E-state index contributed by atoms with van der Waals surface area (Å²) >= 11 is 1.53. The highest BCUT2D eigenvalue weighted by Crippen LogP contribution is 2.38. The molecule has 7 heteroatoms. The molecule has 22 heavy (non-hydrogen) atoms. The molecule has 6 nitrogen and oxygen atoms in total. The van der Waals surface area contributed by atoms with Gasteiger partial charge in [0.15, 0.2) is 5.17 Å². The molecule has 0 spiro atoms. The van der Waals surface area contributed by atoms with Crippen LogP contribution < -0.4 is 0 Å². The number of hydrogen-bond acceptors (Lipinski definition) is 5. The number of H-pyrrole nitrogens is 1. The molecule has 1 fully saturated rings. The van der Waals surface area contributed by atoms with E-state index in [-0.39, 0.29) is 5.91 Å². The maximum atomic E-state index is 12.9. The third kappa shape index (κ3) is 2.24. The second-order valence-electron chi connectivity index (χ2n) is 5.93. The number of carbonyl (C=O) groups is 1. The molecule has 1 aromatic heterocycles. The van der Waals surface area contributed by atoms with Crippen molar-refractivity contribution in [2.24, 2.45) is 4.99 Å². The minimum absolute atomic E-state index is 0.156. The highest BCUT2D eigenvalue weighted by atomic mass is 32.2. The first kappa shape index (κ1) is 13.9. The molecule has 1 amide bonds. The molecule has 0 radical (unpaired) electrons. The van der Waals surface area contributed by atoms with Crippen LogP contribution in [0.4, 0.5) is 0 Å². The third-order valence-electron chi connectivity index (χ3n) is 4.59. The number of aromatic nitrogens is 2. The van der Waals surface area contributed by atoms with E-state index in [1.165, 1.54) is 11.8 Å². The average molecular weight is 317 g/mol. The van der Waals surface area contributed by atoms with Crippen LogP contribution in [0.15, 0.2) is 27.9 Å². The standard InChI is InChI=1S/C15H19N5OS/c1-10-13(22-15-16-6-8-20(10)15)14(21)19-7-2-3-11(9-19)12-4-5-17-18-12/h4-5,11H,2-3,6-9H2,1H3,(H,17,18)/t11-/m1/s1. The minimum atomic E-state index is 0.156. The van der Waals surface area contributed by atoms with Crippen LogP contribution in [0.1, 0.15) is 31.4 Å². The maximum Gasteiger partial charge on any atom is 0.262 e. The monoisotopic (exact) mass is 317 g/mol. The van der Waals surface area contributed by atoms with Gasteiger partial charge in [0, 0.05) is 43.1 Å². The lowest BCUT2D eigenvalue weighted by molar-refractivity contribution is -0.127. The number of carbonyl (C=O) groups excluding carboxylic acids is 1. The van der Waals surface area contributed by atoms with Gasteiger partial charge in [-0.25, -0.2) is 0 Å². The van der Waals surface area contributed by atoms with Crippen LogP contribution in [-0.2, 0) is 4.79 Å². The van der Waals surface area contributed by atoms with Gasteiger partial charge in [0.05, 0.1) is 11.4 Å². The van der Waals surface area contributed by atoms with Crippen LogP contribution >= 0.6 is 11.8 Å². The number of rotatable bonds is 2. The van der Waals surface area contributed by atoms with Crippen LogP contribution in [0.25, 0.3) is 0 Å². The van der Waals surface area contributed by atoms with Crippen LogP contribution in [0.2, 0.25) is 0 Å². The zero-order chi connectivity index (χ0) is 15.1. The van der Waals surface area contributed by atoms with Crippen molar-refractivity contribution in [1.82, 2.24) is 20.0 Å². The molecular formula is C15H19N5OS. The fraction of sp³-hybridized carbons (Fsp3) is 0.533. The normalized spacial score (nSPS) is 24.8. The van der Waals surface area contributed by atoms with Crippen molar-refractivity contribution >= 4 is 22.8 Å². The first-order chi connectivity index (χ1) is 10.7. The van der Waals surface area contributed by atoms with Crippen LogP contribution in [0.5, 0.6) is 0 Å². The predicted molar refractivity (Wildman–Crippen MR) is 86.4 cm³/mol. The number of fused-ring (bicyclic) bond motifs is 1. The lowest BCUT2D eigenvalue weighted by Crippen LogP contribution is -2.39. The van der Waals surface area contributed by atoms with Gasteiger partial charge in [0.2, 0.25) is 0 Å². The quantitative estimate of drug-likeness (QED) is 0.903. The molecule has 3 aliphatic rings. The van der Waals surface area contributed by atoms with Gasteiger partial charge < -0.3 is 9.80 Å². The van der Waals surface area contributed by atoms with Crippen molar-refractivity contribution in [3.8, 4) is 0 Å². The van der Waals surface area contributed by atoms with E-state index in [0.717, 1.165) is 60.5 Å². The van der Waals surface area contributed by atoms with Gasteiger partial charge in [-0.15, -0.1) is 0 Å². The van der Waals surface area contributed by atoms with Crippen molar-refractivity contribution in [1.29, 1.82) is 0 Å². The number of nitrogens with zero attached hydrogens (tertiary/aromatic N) is 4. The number of aliphatic imine (C=N–C) groups is 1. The Morgan fingerprint density at radius 1 is 1.45 bits per heavy atom. The molecule has 4 rings (SSSR count). The molecular weight excluding hydrogens is 298 g/mol. The molecule has 1 aromatic rings. The van der Waals surface area contributed by atoms with Crippen molar-refractivity contribution in [2.45, 2.75) is 25.7 Å². The van der Waals surface area contributed by atoms with Gasteiger partial charge in [0.1, 0.15) is 0 Å². The molecule has 1 N–H and O–H groups in total. The molecule has 116 valence electrons. The minimum Gasteiger partial charge on any atom is -0.337 e. The molecule has 3 aliphatic heterocycles. The molecule has 0 bridgehead atoms. The zero-order valence-corrected chi connectivity index (χ0v) is 13.4. The molecule has 0 aliphatic carbocycles. The van der Waals surface area contributed by atoms with Gasteiger partial charge in [-0.2, -0.15) is 5.10 Å². The summed E-state index contributed by atoms with van der Waals surface area (Å²) < 4.78 is 0. The maximum absolute atomic E-state index is 12.9. The molecule has 0 saturated carbocycles. The summed E-state index contributed by atoms with van der Waals surface area (Å²) in [4.78, 5) is 22.4. The topological polar surface area (TPSA) is 64.6 Å². The van der Waals surface area contributed by atoms with E-state index < -0.39 is 0 Å². The average Bonchev–Trinajstić information content (AvgIpc) is 3.26. The molecule has 1 atom stereocenters. The number of aromatic amines is 1. The van der Waals surface area contributed by atoms with Crippen molar-refractivity contribution in [2.75, 3.05) is 26.2 Å². The van der Waals surface area contributed by atoms with E-state index >= 15 is 0 Å². The Hall–Kier alpha value is -1.76. The zero-order valence-electron chi connectivity index (χ0n) is 12.6. The largest absolute Gasteiger partial charge is 0.337 e. The van der Waals surface area contributed by atoms with E-state index in [1.807, 2.05) is 17.9 Å². The summed E-state index contributed by atoms with van der Waals surface area (Å²) in [5, 5.41) is 8.06. The number of piperidine rings is 1. The van der Waals surface area contributed by atoms with E-state index in [4.69, 9.17) is 0 Å². The Labute approximate surface area is 133 Å². The summed E-state index contributed by atoms with van der Waals surface area (Å²) in [5.41, 5.74) is 2.20. The fourth-order valence-electron chi connectivity index (χ4n) is 3.36. The smallest absolute Gasteiger partial charge is 0.262 e. The Bertz CT molecular complexity index is 651. The lowest BCUT2D eigenvalue weighted by Gasteiger charge is -2.32. The Balaban J connectivity index is 1.51. The Morgan fingerprint density at radius 3 is 3.14 bits per heavy atom. The number of hydrogen-bond donors (Lipinski definition) is 1. The number of nitrogens with one attached hydrogen (secondary N) is 1. The summed E-state index contributed by atoms with van der Waals surface area (Å²) in [6, 6.07) is 2.01. The molecule has 4 heterocycles. The van der Waals surface area contributed by atoms with E-state index in [2.05, 4.69) is 20.1 Å². The van der Waals surface area contributed by atoms with Gasteiger partial charge in [-0.05, 0) is 37.6 Å². The highest BCUT2D eigenvalue weighted by molar-refractivity contribution is 8.18. The molecule has 0 aromatic carbocycles. The second-order valence-corrected chi connectivity index (χ2v) is 6.91. The number of thioether (sulfide) groups is 1. The predicted octanol–water partition coefficient (Wildman–Crippen LogP) is 1.77. The Kier molecular flexibility index (Phi) is 3.44. The third-order valence-corrected chi connectivity index (χ3v) is 5.80. The highest BCUT2D eigenvalue weighted by Gasteiger charge is 2.36. The number of likely N-dealkylation sites (tertiary alicyclic amines) is 1. The fourth-order valence-corrected chi connectivity index (χ4v) is 4.52. The SMILES string of the molecule is CC1=C(C(=O)N2CCC[C@@H](c3ccn[nH]3)C2)SC2=NCCN21. The summed E-state index contributed by atoms with van der Waals surface area (Å²) in [5.74, 6) is 0.522. The summed E-state index contributed by atoms with van der Waals surface area (Å²) in [6.45, 7) is 5.39. The molecule has 1 saturated heterocycles. The number of amides is 1. The summed E-state index contributed by atoms with van der Waals surface area (Å²) in [6.07, 6.45) is 3.93. The van der Waals surface area contributed by atoms with Crippen LogP contribution in [0.3, 0.4) is 0 Å². The van der Waals surface area contributed by atoms with E-state index in [0.29, 0.717) is 5.92 Å². The van der Waals surface area contributed by atoms with Crippen LogP contribution in [-0.4, -0.2) is 57.3 Å². The van der Waals surface area contributed by atoms with Crippen molar-refractivity contribution < 1.29 is 4.79 Å². The Morgan fingerprint density at radius 2 is 2.36 bits per heavy atom. The first-order valence-electron chi connectivity index (χ1n) is 7.73. The lowest BCUT2D eigenvalue weighted by atomic mass is 9.95. The van der Waals surface area contributed by atoms with Gasteiger partial charge in [0.25, 0.3) is 5.91 Å². The van der Waals surface area contributed by atoms with Crippen LogP contribution in [0, 0.1) is 0 Å². The van der Waals surface area contributed by atoms with E-state index in [1.54, 1.807) is 6.20 Å². The number of allylic oxidation sites excluding steroid dienone is 1. The summed E-state index contributed by atoms with van der Waals surface area (Å²) in [7, 11) is 0. The van der Waals surface area contributed by atoms with E-state index in [9.17, 15) is 4.79 Å². The van der Waals surface area contributed by atoms with Crippen molar-refractivity contribution in [3.05, 3.63) is 28.6 Å². The second kappa shape index (κ2) is 5.46. The first-order valence-corrected chi connectivity index (χ1v) is 8.55.